The van der Waals surface area contributed by atoms with Gasteiger partial charge >= 0.3 is 0 Å². The lowest BCUT2D eigenvalue weighted by Crippen LogP contribution is -2.25. The van der Waals surface area contributed by atoms with Gasteiger partial charge in [0.1, 0.15) is 6.23 Å². The number of nitrogens with zero attached hydrogens (tertiary/aromatic N) is 2. The standard InChI is InChI=1S/C10H10N2O2/c1-7(13)12-10(14)9-5-3-2-4-8(9)6-11-12/h2-7,13H,1H3. The summed E-state index contributed by atoms with van der Waals surface area (Å²) in [5.74, 6) is 0. The van der Waals surface area contributed by atoms with Gasteiger partial charge in [-0.05, 0) is 13.0 Å². The van der Waals surface area contributed by atoms with E-state index in [9.17, 15) is 9.90 Å². The van der Waals surface area contributed by atoms with Gasteiger partial charge in [-0.1, -0.05) is 18.2 Å². The topological polar surface area (TPSA) is 55.1 Å². The third-order valence-electron chi connectivity index (χ3n) is 2.07. The Morgan fingerprint density at radius 3 is 2.86 bits per heavy atom. The molecule has 0 saturated carbocycles. The molecule has 4 nitrogen and oxygen atoms in total. The number of aliphatic hydroxyl groups excluding tert-OH is 1. The van der Waals surface area contributed by atoms with Crippen LogP contribution in [0.5, 0.6) is 0 Å². The Hall–Kier alpha value is -1.68. The Morgan fingerprint density at radius 2 is 2.14 bits per heavy atom. The normalized spacial score (nSPS) is 13.0. The van der Waals surface area contributed by atoms with Crippen LogP contribution in [0.2, 0.25) is 0 Å². The smallest absolute Gasteiger partial charge is 0.277 e. The summed E-state index contributed by atoms with van der Waals surface area (Å²) in [6.45, 7) is 1.50. The number of hydrogen-bond acceptors (Lipinski definition) is 3. The number of rotatable bonds is 1. The minimum absolute atomic E-state index is 0.266. The first-order chi connectivity index (χ1) is 6.70. The summed E-state index contributed by atoms with van der Waals surface area (Å²) in [6, 6.07) is 7.17. The molecule has 1 aromatic heterocycles. The molecule has 0 aliphatic heterocycles. The Kier molecular flexibility index (Phi) is 2.05. The first-order valence-corrected chi connectivity index (χ1v) is 4.35. The van der Waals surface area contributed by atoms with Crippen molar-refractivity contribution in [1.82, 2.24) is 9.78 Å². The van der Waals surface area contributed by atoms with Crippen molar-refractivity contribution in [3.63, 3.8) is 0 Å². The highest BCUT2D eigenvalue weighted by atomic mass is 16.3. The molecule has 14 heavy (non-hydrogen) atoms. The van der Waals surface area contributed by atoms with E-state index in [1.54, 1.807) is 18.3 Å². The van der Waals surface area contributed by atoms with Gasteiger partial charge in [-0.3, -0.25) is 4.79 Å². The summed E-state index contributed by atoms with van der Waals surface area (Å²) in [6.07, 6.45) is 0.677. The predicted octanol–water partition coefficient (Wildman–Crippen LogP) is 0.907. The fourth-order valence-electron chi connectivity index (χ4n) is 1.37. The van der Waals surface area contributed by atoms with Crippen molar-refractivity contribution >= 4 is 10.8 Å². The van der Waals surface area contributed by atoms with Gasteiger partial charge in [0, 0.05) is 5.39 Å². The fourth-order valence-corrected chi connectivity index (χ4v) is 1.37. The summed E-state index contributed by atoms with van der Waals surface area (Å²) >= 11 is 0. The second kappa shape index (κ2) is 3.23. The number of benzene rings is 1. The average Bonchev–Trinajstić information content (AvgIpc) is 2.18. The van der Waals surface area contributed by atoms with E-state index in [4.69, 9.17) is 0 Å². The van der Waals surface area contributed by atoms with Crippen molar-refractivity contribution in [2.75, 3.05) is 0 Å². The third-order valence-corrected chi connectivity index (χ3v) is 2.07. The maximum absolute atomic E-state index is 11.7. The van der Waals surface area contributed by atoms with Gasteiger partial charge in [-0.15, -0.1) is 0 Å². The molecule has 0 saturated heterocycles. The number of fused-ring (bicyclic) bond motifs is 1. The zero-order valence-corrected chi connectivity index (χ0v) is 7.71. The van der Waals surface area contributed by atoms with Gasteiger partial charge in [0.05, 0.1) is 11.6 Å². The molecule has 0 amide bonds. The van der Waals surface area contributed by atoms with Crippen LogP contribution in [-0.2, 0) is 0 Å². The van der Waals surface area contributed by atoms with Crippen LogP contribution in [0.1, 0.15) is 13.2 Å². The second-order valence-corrected chi connectivity index (χ2v) is 3.11. The molecule has 2 aromatic rings. The van der Waals surface area contributed by atoms with E-state index >= 15 is 0 Å². The van der Waals surface area contributed by atoms with E-state index in [0.29, 0.717) is 5.39 Å². The Labute approximate surface area is 80.4 Å². The molecule has 1 N–H and O–H groups in total. The summed E-state index contributed by atoms with van der Waals surface area (Å²) < 4.78 is 1.06. The molecule has 0 aliphatic rings. The highest BCUT2D eigenvalue weighted by Gasteiger charge is 2.06. The van der Waals surface area contributed by atoms with Crippen LogP contribution < -0.4 is 5.56 Å². The highest BCUT2D eigenvalue weighted by Crippen LogP contribution is 2.07. The Morgan fingerprint density at radius 1 is 1.43 bits per heavy atom. The molecule has 0 radical (unpaired) electrons. The SMILES string of the molecule is CC(O)n1ncc2ccccc2c1=O. The van der Waals surface area contributed by atoms with E-state index in [-0.39, 0.29) is 5.56 Å². The summed E-state index contributed by atoms with van der Waals surface area (Å²) in [4.78, 5) is 11.7. The maximum atomic E-state index is 11.7. The lowest BCUT2D eigenvalue weighted by atomic mass is 10.2. The lowest BCUT2D eigenvalue weighted by molar-refractivity contribution is 0.106. The molecular weight excluding hydrogens is 180 g/mol. The van der Waals surface area contributed by atoms with Gasteiger partial charge in [-0.25, -0.2) is 4.68 Å². The molecule has 0 fully saturated rings. The molecule has 1 unspecified atom stereocenters. The van der Waals surface area contributed by atoms with Gasteiger partial charge in [-0.2, -0.15) is 5.10 Å². The van der Waals surface area contributed by atoms with Crippen LogP contribution in [0.4, 0.5) is 0 Å². The molecule has 0 bridgehead atoms. The van der Waals surface area contributed by atoms with Crippen LogP contribution in [-0.4, -0.2) is 14.9 Å². The van der Waals surface area contributed by atoms with Crippen molar-refractivity contribution in [2.24, 2.45) is 0 Å². The van der Waals surface area contributed by atoms with Crippen molar-refractivity contribution in [1.29, 1.82) is 0 Å². The monoisotopic (exact) mass is 190 g/mol. The quantitative estimate of drug-likeness (QED) is 0.727. The van der Waals surface area contributed by atoms with E-state index < -0.39 is 6.23 Å². The Bertz CT molecular complexity index is 517. The fraction of sp³-hybridized carbons (Fsp3) is 0.200. The van der Waals surface area contributed by atoms with E-state index in [2.05, 4.69) is 5.10 Å². The van der Waals surface area contributed by atoms with Crippen LogP contribution in [0.25, 0.3) is 10.8 Å². The molecule has 1 aromatic carbocycles. The second-order valence-electron chi connectivity index (χ2n) is 3.11. The van der Waals surface area contributed by atoms with Crippen molar-refractivity contribution in [2.45, 2.75) is 13.2 Å². The van der Waals surface area contributed by atoms with Crippen molar-refractivity contribution in [3.05, 3.63) is 40.8 Å². The van der Waals surface area contributed by atoms with E-state index in [0.717, 1.165) is 10.1 Å². The third kappa shape index (κ3) is 1.29. The maximum Gasteiger partial charge on any atom is 0.277 e. The first kappa shape index (κ1) is 8.90. The number of aromatic nitrogens is 2. The summed E-state index contributed by atoms with van der Waals surface area (Å²) in [5, 5.41) is 14.5. The van der Waals surface area contributed by atoms with Crippen molar-refractivity contribution in [3.8, 4) is 0 Å². The van der Waals surface area contributed by atoms with Crippen molar-refractivity contribution < 1.29 is 5.11 Å². The van der Waals surface area contributed by atoms with E-state index in [1.807, 2.05) is 12.1 Å². The summed E-state index contributed by atoms with van der Waals surface area (Å²) in [5.41, 5.74) is -0.266. The zero-order valence-electron chi connectivity index (χ0n) is 7.71. The van der Waals surface area contributed by atoms with Gasteiger partial charge < -0.3 is 5.11 Å². The molecule has 0 spiro atoms. The first-order valence-electron chi connectivity index (χ1n) is 4.35. The van der Waals surface area contributed by atoms with Gasteiger partial charge in [0.25, 0.3) is 5.56 Å². The van der Waals surface area contributed by atoms with Crippen LogP contribution in [0.15, 0.2) is 35.3 Å². The highest BCUT2D eigenvalue weighted by molar-refractivity contribution is 5.80. The molecule has 72 valence electrons. The van der Waals surface area contributed by atoms with Gasteiger partial charge in [0.2, 0.25) is 0 Å². The molecule has 1 atom stereocenters. The van der Waals surface area contributed by atoms with Crippen LogP contribution in [0, 0.1) is 0 Å². The zero-order chi connectivity index (χ0) is 10.1. The number of hydrogen-bond donors (Lipinski definition) is 1. The average molecular weight is 190 g/mol. The lowest BCUT2D eigenvalue weighted by Gasteiger charge is -2.07. The van der Waals surface area contributed by atoms with Gasteiger partial charge in [0.15, 0.2) is 0 Å². The van der Waals surface area contributed by atoms with Crippen LogP contribution in [0.3, 0.4) is 0 Å². The molecule has 1 heterocycles. The molecular formula is C10H10N2O2. The minimum Gasteiger partial charge on any atom is -0.372 e. The predicted molar refractivity (Wildman–Crippen MR) is 52.9 cm³/mol. The molecule has 0 aliphatic carbocycles. The molecule has 2 rings (SSSR count). The Balaban J connectivity index is 2.82. The largest absolute Gasteiger partial charge is 0.372 e. The number of aliphatic hydroxyl groups is 1. The molecule has 4 heteroatoms. The van der Waals surface area contributed by atoms with Crippen LogP contribution >= 0.6 is 0 Å². The summed E-state index contributed by atoms with van der Waals surface area (Å²) in [7, 11) is 0. The minimum atomic E-state index is -0.896. The van der Waals surface area contributed by atoms with E-state index in [1.165, 1.54) is 6.92 Å².